The number of carboxylic acids is 1. The molecule has 2 N–H and O–H groups in total. The van der Waals surface area contributed by atoms with E-state index in [9.17, 15) is 28.8 Å². The number of hydrogen-bond acceptors (Lipinski definition) is 7. The lowest BCUT2D eigenvalue weighted by atomic mass is 10.1. The summed E-state index contributed by atoms with van der Waals surface area (Å²) in [6.07, 6.45) is 0. The van der Waals surface area contributed by atoms with Crippen LogP contribution in [0.4, 0.5) is 0 Å². The summed E-state index contributed by atoms with van der Waals surface area (Å²) in [6.45, 7) is 9.11. The molecule has 0 aromatic carbocycles. The van der Waals surface area contributed by atoms with Crippen molar-refractivity contribution in [3.05, 3.63) is 0 Å². The third-order valence-corrected chi connectivity index (χ3v) is 7.23. The van der Waals surface area contributed by atoms with Crippen LogP contribution in [0, 0.1) is 0 Å². The van der Waals surface area contributed by atoms with Crippen molar-refractivity contribution in [1.82, 2.24) is 29.8 Å². The first-order valence-electron chi connectivity index (χ1n) is 12.1. The second-order valence-corrected chi connectivity index (χ2v) is 9.47. The van der Waals surface area contributed by atoms with Gasteiger partial charge < -0.3 is 34.9 Å². The molecule has 6 atom stereocenters. The maximum Gasteiger partial charge on any atom is 0.326 e. The van der Waals surface area contributed by atoms with E-state index in [1.54, 1.807) is 20.9 Å². The van der Waals surface area contributed by atoms with Crippen molar-refractivity contribution in [3.63, 3.8) is 0 Å². The second-order valence-electron chi connectivity index (χ2n) is 9.47. The fraction of sp³-hybridized carbons (Fsp3) is 0.750. The molecule has 212 valence electrons. The van der Waals surface area contributed by atoms with Gasteiger partial charge in [-0.2, -0.15) is 0 Å². The number of carbonyl (C=O) groups excluding carboxylic acids is 5. The average Bonchev–Trinajstić information content (AvgIpc) is 2.89. The molecule has 0 unspecified atom stereocenters. The lowest BCUT2D eigenvalue weighted by Crippen LogP contribution is -2.58. The fourth-order valence-corrected chi connectivity index (χ4v) is 3.39. The number of likely N-dealkylation sites (N-methyl/N-ethyl adjacent to an activating group) is 6. The molecule has 0 radical (unpaired) electrons. The molecule has 37 heavy (non-hydrogen) atoms. The van der Waals surface area contributed by atoms with Gasteiger partial charge in [0.2, 0.25) is 29.5 Å². The van der Waals surface area contributed by atoms with Crippen LogP contribution in [0.2, 0.25) is 0 Å². The summed E-state index contributed by atoms with van der Waals surface area (Å²) >= 11 is 0. The van der Waals surface area contributed by atoms with E-state index >= 15 is 0 Å². The van der Waals surface area contributed by atoms with Crippen molar-refractivity contribution in [2.75, 3.05) is 42.3 Å². The minimum absolute atomic E-state index is 0.276. The first-order chi connectivity index (χ1) is 16.8. The van der Waals surface area contributed by atoms with Crippen LogP contribution in [0.5, 0.6) is 0 Å². The van der Waals surface area contributed by atoms with Gasteiger partial charge in [-0.1, -0.05) is 0 Å². The Balaban J connectivity index is 5.44. The van der Waals surface area contributed by atoms with Gasteiger partial charge in [-0.15, -0.1) is 0 Å². The summed E-state index contributed by atoms with van der Waals surface area (Å²) in [7, 11) is 8.77. The van der Waals surface area contributed by atoms with Gasteiger partial charge in [0.05, 0.1) is 6.04 Å². The van der Waals surface area contributed by atoms with Gasteiger partial charge in [-0.3, -0.25) is 24.0 Å². The van der Waals surface area contributed by atoms with Crippen LogP contribution < -0.4 is 5.32 Å². The van der Waals surface area contributed by atoms with Crippen LogP contribution in [0.3, 0.4) is 0 Å². The summed E-state index contributed by atoms with van der Waals surface area (Å²) in [4.78, 5) is 81.4. The van der Waals surface area contributed by atoms with Gasteiger partial charge in [-0.25, -0.2) is 4.79 Å². The number of amides is 5. The van der Waals surface area contributed by atoms with E-state index in [0.717, 1.165) is 9.80 Å². The predicted octanol–water partition coefficient (Wildman–Crippen LogP) is -1.09. The molecule has 0 aliphatic rings. The van der Waals surface area contributed by atoms with E-state index in [-0.39, 0.29) is 5.91 Å². The maximum atomic E-state index is 13.1. The first kappa shape index (κ1) is 33.8. The smallest absolute Gasteiger partial charge is 0.326 e. The largest absolute Gasteiger partial charge is 0.480 e. The van der Waals surface area contributed by atoms with Crippen LogP contribution >= 0.6 is 0 Å². The number of carbonyl (C=O) groups is 6. The summed E-state index contributed by atoms with van der Waals surface area (Å²) in [6, 6.07) is -5.27. The van der Waals surface area contributed by atoms with E-state index in [1.807, 2.05) is 0 Å². The number of hydrogen-bond donors (Lipinski definition) is 2. The number of nitrogens with one attached hydrogen (secondary N) is 1. The van der Waals surface area contributed by atoms with Crippen molar-refractivity contribution >= 4 is 35.5 Å². The summed E-state index contributed by atoms with van der Waals surface area (Å²) in [5.74, 6) is -3.50. The third-order valence-electron chi connectivity index (χ3n) is 7.23. The Morgan fingerprint density at radius 3 is 0.919 bits per heavy atom. The highest BCUT2D eigenvalue weighted by Gasteiger charge is 2.36. The summed E-state index contributed by atoms with van der Waals surface area (Å²) in [5.41, 5.74) is 0. The fourth-order valence-electron chi connectivity index (χ4n) is 3.39. The molecule has 0 saturated heterocycles. The molecule has 0 saturated carbocycles. The molecular weight excluding hydrogens is 484 g/mol. The molecule has 13 nitrogen and oxygen atoms in total. The molecule has 13 heteroatoms. The maximum absolute atomic E-state index is 13.1. The van der Waals surface area contributed by atoms with Gasteiger partial charge >= 0.3 is 5.97 Å². The predicted molar refractivity (Wildman–Crippen MR) is 137 cm³/mol. The van der Waals surface area contributed by atoms with E-state index < -0.39 is 65.8 Å². The minimum atomic E-state index is -1.18. The zero-order valence-corrected chi connectivity index (χ0v) is 24.1. The first-order valence-corrected chi connectivity index (χ1v) is 12.1. The van der Waals surface area contributed by atoms with E-state index in [2.05, 4.69) is 5.32 Å². The van der Waals surface area contributed by atoms with Gasteiger partial charge in [0, 0.05) is 35.2 Å². The van der Waals surface area contributed by atoms with Crippen molar-refractivity contribution < 1.29 is 33.9 Å². The Labute approximate surface area is 219 Å². The molecule has 0 aromatic rings. The number of rotatable bonds is 12. The van der Waals surface area contributed by atoms with Crippen LogP contribution in [-0.2, 0) is 28.8 Å². The highest BCUT2D eigenvalue weighted by molar-refractivity contribution is 5.95. The summed E-state index contributed by atoms with van der Waals surface area (Å²) in [5, 5.41) is 12.0. The van der Waals surface area contributed by atoms with E-state index in [1.165, 1.54) is 77.6 Å². The molecule has 0 aliphatic heterocycles. The Bertz CT molecular complexity index is 882. The second kappa shape index (κ2) is 13.9. The molecule has 5 amide bonds. The van der Waals surface area contributed by atoms with Gasteiger partial charge in [0.1, 0.15) is 30.2 Å². The van der Waals surface area contributed by atoms with Crippen molar-refractivity contribution in [1.29, 1.82) is 0 Å². The van der Waals surface area contributed by atoms with Gasteiger partial charge in [0.15, 0.2) is 0 Å². The molecule has 0 heterocycles. The number of aliphatic carboxylic acids is 1. The quantitative estimate of drug-likeness (QED) is 0.324. The Kier molecular flexibility index (Phi) is 12.7. The molecule has 0 aromatic heterocycles. The van der Waals surface area contributed by atoms with E-state index in [4.69, 9.17) is 5.11 Å². The standard InChI is InChI=1S/C24H44N6O7/c1-13(25-7)19(31)26(8)14(2)20(32)27(9)15(3)21(33)28(10)16(4)22(34)29(11)17(5)23(35)30(12)18(6)24(36)37/h13-18,25H,1-12H3,(H,36,37)/t13-,14-,15-,16-,17-,18-/m0/s1. The number of nitrogens with zero attached hydrogens (tertiary/aromatic N) is 5. The topological polar surface area (TPSA) is 151 Å². The molecule has 0 rings (SSSR count). The SMILES string of the molecule is CN[C@@H](C)C(=O)N(C)[C@@H](C)C(=O)N(C)[C@@H](C)C(=O)N(C)[C@@H](C)C(=O)N(C)[C@@H](C)C(=O)N(C)[C@@H](C)C(=O)O. The summed E-state index contributed by atoms with van der Waals surface area (Å²) < 4.78 is 0. The van der Waals surface area contributed by atoms with Crippen LogP contribution in [0.25, 0.3) is 0 Å². The normalized spacial score (nSPS) is 15.8. The van der Waals surface area contributed by atoms with Crippen LogP contribution in [0.1, 0.15) is 41.5 Å². The average molecular weight is 529 g/mol. The molecule has 0 spiro atoms. The van der Waals surface area contributed by atoms with Crippen molar-refractivity contribution in [2.24, 2.45) is 0 Å². The zero-order valence-electron chi connectivity index (χ0n) is 24.1. The molecular formula is C24H44N6O7. The minimum Gasteiger partial charge on any atom is -0.480 e. The van der Waals surface area contributed by atoms with Crippen LogP contribution in [-0.4, -0.2) is 144 Å². The number of carboxylic acid groups (broad SMARTS) is 1. The van der Waals surface area contributed by atoms with Gasteiger partial charge in [-0.05, 0) is 48.6 Å². The Hall–Kier alpha value is -3.22. The highest BCUT2D eigenvalue weighted by atomic mass is 16.4. The lowest BCUT2D eigenvalue weighted by Gasteiger charge is -2.36. The molecule has 0 aliphatic carbocycles. The lowest BCUT2D eigenvalue weighted by molar-refractivity contribution is -0.155. The Morgan fingerprint density at radius 2 is 0.703 bits per heavy atom. The monoisotopic (exact) mass is 528 g/mol. The van der Waals surface area contributed by atoms with Crippen molar-refractivity contribution in [2.45, 2.75) is 77.8 Å². The van der Waals surface area contributed by atoms with Crippen LogP contribution in [0.15, 0.2) is 0 Å². The van der Waals surface area contributed by atoms with Gasteiger partial charge in [0.25, 0.3) is 0 Å². The van der Waals surface area contributed by atoms with E-state index in [0.29, 0.717) is 0 Å². The zero-order chi connectivity index (χ0) is 29.5. The molecule has 0 fully saturated rings. The van der Waals surface area contributed by atoms with Crippen molar-refractivity contribution in [3.8, 4) is 0 Å². The third kappa shape index (κ3) is 7.88. The molecule has 0 bridgehead atoms. The Morgan fingerprint density at radius 1 is 0.486 bits per heavy atom. The highest BCUT2D eigenvalue weighted by Crippen LogP contribution is 2.13.